The molecule has 3 aliphatic rings. The Kier molecular flexibility index (Phi) is 2.04. The van der Waals surface area contributed by atoms with Crippen LogP contribution in [0, 0.1) is 17.3 Å². The first kappa shape index (κ1) is 10.9. The van der Waals surface area contributed by atoms with Crippen LogP contribution in [0.4, 0.5) is 0 Å². The normalized spacial score (nSPS) is 33.9. The van der Waals surface area contributed by atoms with Crippen LogP contribution in [0.5, 0.6) is 0 Å². The molecule has 4 heteroatoms. The van der Waals surface area contributed by atoms with Crippen molar-refractivity contribution < 1.29 is 4.79 Å². The zero-order chi connectivity index (χ0) is 12.4. The van der Waals surface area contributed by atoms with E-state index in [-0.39, 0.29) is 5.91 Å². The molecule has 17 heavy (non-hydrogen) atoms. The number of likely N-dealkylation sites (tertiary alicyclic amines) is 1. The van der Waals surface area contributed by atoms with Gasteiger partial charge in [0.25, 0.3) is 5.91 Å². The van der Waals surface area contributed by atoms with E-state index in [0.717, 1.165) is 37.3 Å². The Morgan fingerprint density at radius 1 is 1.29 bits per heavy atom. The largest absolute Gasteiger partial charge is 0.361 e. The minimum Gasteiger partial charge on any atom is -0.361 e. The minimum atomic E-state index is 0.208. The van der Waals surface area contributed by atoms with Gasteiger partial charge < -0.3 is 14.7 Å². The number of piperidine rings is 1. The maximum Gasteiger partial charge on any atom is 0.271 e. The van der Waals surface area contributed by atoms with Crippen molar-refractivity contribution in [3.63, 3.8) is 0 Å². The molecule has 0 aromatic heterocycles. The van der Waals surface area contributed by atoms with E-state index in [9.17, 15) is 4.79 Å². The lowest BCUT2D eigenvalue weighted by molar-refractivity contribution is -0.128. The lowest BCUT2D eigenvalue weighted by atomic mass is 10.1. The van der Waals surface area contributed by atoms with Crippen molar-refractivity contribution >= 4 is 5.91 Å². The molecular weight excluding hydrogens is 214 g/mol. The van der Waals surface area contributed by atoms with Crippen LogP contribution in [0.1, 0.15) is 13.8 Å². The highest BCUT2D eigenvalue weighted by Crippen LogP contribution is 2.62. The van der Waals surface area contributed by atoms with Gasteiger partial charge in [0.15, 0.2) is 0 Å². The Hall–Kier alpha value is -1.19. The van der Waals surface area contributed by atoms with Crippen LogP contribution in [-0.4, -0.2) is 54.5 Å². The predicted octanol–water partition coefficient (Wildman–Crippen LogP) is 0.777. The van der Waals surface area contributed by atoms with E-state index in [1.54, 1.807) is 0 Å². The van der Waals surface area contributed by atoms with E-state index in [0.29, 0.717) is 5.41 Å². The van der Waals surface area contributed by atoms with Crippen molar-refractivity contribution in [2.24, 2.45) is 17.3 Å². The summed E-state index contributed by atoms with van der Waals surface area (Å²) in [6.07, 6.45) is 1.96. The van der Waals surface area contributed by atoms with E-state index < -0.39 is 0 Å². The molecule has 1 saturated carbocycles. The van der Waals surface area contributed by atoms with E-state index in [1.165, 1.54) is 0 Å². The second kappa shape index (κ2) is 3.18. The summed E-state index contributed by atoms with van der Waals surface area (Å²) in [4.78, 5) is 18.5. The predicted molar refractivity (Wildman–Crippen MR) is 65.8 cm³/mol. The average Bonchev–Trinajstić information content (AvgIpc) is 2.65. The van der Waals surface area contributed by atoms with Crippen molar-refractivity contribution in [2.45, 2.75) is 13.8 Å². The summed E-state index contributed by atoms with van der Waals surface area (Å²) in [5.41, 5.74) is 1.32. The van der Waals surface area contributed by atoms with Gasteiger partial charge in [-0.15, -0.1) is 0 Å². The number of fused-ring (bicyclic) bond motifs is 1. The van der Waals surface area contributed by atoms with Gasteiger partial charge in [-0.1, -0.05) is 13.8 Å². The van der Waals surface area contributed by atoms with Crippen molar-refractivity contribution in [2.75, 3.05) is 33.9 Å². The van der Waals surface area contributed by atoms with Crippen LogP contribution in [0.25, 0.3) is 0 Å². The van der Waals surface area contributed by atoms with Crippen LogP contribution in [-0.2, 0) is 4.79 Å². The van der Waals surface area contributed by atoms with E-state index >= 15 is 0 Å². The molecule has 0 aromatic rings. The molecule has 3 rings (SSSR count). The molecule has 1 amide bonds. The minimum absolute atomic E-state index is 0.208. The number of nitrogens with zero attached hydrogens (tertiary/aromatic N) is 3. The molecule has 4 nitrogen and oxygen atoms in total. The fourth-order valence-corrected chi connectivity index (χ4v) is 3.44. The molecule has 2 atom stereocenters. The number of hydrogen-bond acceptors (Lipinski definition) is 3. The maximum atomic E-state index is 12.4. The van der Waals surface area contributed by atoms with Gasteiger partial charge in [-0.2, -0.15) is 0 Å². The average molecular weight is 235 g/mol. The van der Waals surface area contributed by atoms with Crippen molar-refractivity contribution in [1.29, 1.82) is 0 Å². The van der Waals surface area contributed by atoms with E-state index in [1.807, 2.05) is 35.0 Å². The third kappa shape index (κ3) is 1.46. The van der Waals surface area contributed by atoms with Crippen LogP contribution < -0.4 is 0 Å². The smallest absolute Gasteiger partial charge is 0.271 e. The first-order valence-electron chi connectivity index (χ1n) is 6.33. The molecule has 1 saturated heterocycles. The van der Waals surface area contributed by atoms with Crippen LogP contribution in [0.3, 0.4) is 0 Å². The lowest BCUT2D eigenvalue weighted by Crippen LogP contribution is -2.37. The first-order valence-corrected chi connectivity index (χ1v) is 6.33. The van der Waals surface area contributed by atoms with Gasteiger partial charge in [-0.05, 0) is 17.3 Å². The highest BCUT2D eigenvalue weighted by Gasteiger charge is 2.62. The van der Waals surface area contributed by atoms with E-state index in [2.05, 4.69) is 13.8 Å². The van der Waals surface area contributed by atoms with Crippen molar-refractivity contribution in [3.8, 4) is 0 Å². The zero-order valence-corrected chi connectivity index (χ0v) is 11.1. The quantitative estimate of drug-likeness (QED) is 0.672. The number of amides is 1. The van der Waals surface area contributed by atoms with Crippen LogP contribution in [0.2, 0.25) is 0 Å². The molecule has 0 spiro atoms. The molecule has 2 unspecified atom stereocenters. The molecule has 1 aliphatic carbocycles. The highest BCUT2D eigenvalue weighted by atomic mass is 16.2. The van der Waals surface area contributed by atoms with Crippen molar-refractivity contribution in [3.05, 3.63) is 11.9 Å². The summed E-state index contributed by atoms with van der Waals surface area (Å²) >= 11 is 0. The van der Waals surface area contributed by atoms with Gasteiger partial charge in [-0.25, -0.2) is 0 Å². The van der Waals surface area contributed by atoms with Gasteiger partial charge in [0.05, 0.1) is 6.67 Å². The molecule has 0 bridgehead atoms. The zero-order valence-electron chi connectivity index (χ0n) is 11.1. The second-order valence-electron chi connectivity index (χ2n) is 6.36. The third-order valence-corrected chi connectivity index (χ3v) is 4.82. The van der Waals surface area contributed by atoms with Crippen LogP contribution in [0.15, 0.2) is 11.9 Å². The Balaban J connectivity index is 1.68. The molecule has 0 N–H and O–H groups in total. The summed E-state index contributed by atoms with van der Waals surface area (Å²) in [6.45, 7) is 7.35. The number of carbonyl (C=O) groups excluding carboxylic acids is 1. The molecule has 2 aliphatic heterocycles. The van der Waals surface area contributed by atoms with Gasteiger partial charge in [0.2, 0.25) is 0 Å². The monoisotopic (exact) mass is 235 g/mol. The summed E-state index contributed by atoms with van der Waals surface area (Å²) in [5, 5.41) is 0. The summed E-state index contributed by atoms with van der Waals surface area (Å²) in [5.74, 6) is 1.67. The molecular formula is C13H21N3O. The third-order valence-electron chi connectivity index (χ3n) is 4.82. The fourth-order valence-electron chi connectivity index (χ4n) is 3.44. The molecule has 94 valence electrons. The second-order valence-corrected chi connectivity index (χ2v) is 6.36. The first-order chi connectivity index (χ1) is 7.91. The van der Waals surface area contributed by atoms with Gasteiger partial charge in [0, 0.05) is 33.4 Å². The van der Waals surface area contributed by atoms with Crippen LogP contribution >= 0.6 is 0 Å². The Morgan fingerprint density at radius 3 is 2.35 bits per heavy atom. The topological polar surface area (TPSA) is 26.8 Å². The Bertz CT molecular complexity index is 387. The Morgan fingerprint density at radius 2 is 1.88 bits per heavy atom. The SMILES string of the molecule is CN1C=C(C(=O)N2CC3C(C2)C3(C)C)N(C)C1. The molecule has 0 aromatic carbocycles. The number of hydrogen-bond donors (Lipinski definition) is 0. The Labute approximate surface area is 103 Å². The maximum absolute atomic E-state index is 12.4. The van der Waals surface area contributed by atoms with Gasteiger partial charge >= 0.3 is 0 Å². The summed E-state index contributed by atoms with van der Waals surface area (Å²) < 4.78 is 0. The summed E-state index contributed by atoms with van der Waals surface area (Å²) in [6, 6.07) is 0. The number of carbonyl (C=O) groups is 1. The molecule has 2 heterocycles. The van der Waals surface area contributed by atoms with Gasteiger partial charge in [0.1, 0.15) is 5.70 Å². The lowest BCUT2D eigenvalue weighted by Gasteiger charge is -2.24. The number of rotatable bonds is 1. The van der Waals surface area contributed by atoms with E-state index in [4.69, 9.17) is 0 Å². The fraction of sp³-hybridized carbons (Fsp3) is 0.769. The number of likely N-dealkylation sites (N-methyl/N-ethyl adjacent to an activating group) is 1. The van der Waals surface area contributed by atoms with Crippen molar-refractivity contribution in [1.82, 2.24) is 14.7 Å². The molecule has 2 fully saturated rings. The van der Waals surface area contributed by atoms with Gasteiger partial charge in [-0.3, -0.25) is 4.79 Å². The standard InChI is InChI=1S/C13H21N3O/c1-13(2)9-5-16(6-10(9)13)12(17)11-7-14(3)8-15(11)4/h7,9-10H,5-6,8H2,1-4H3. The highest BCUT2D eigenvalue weighted by molar-refractivity contribution is 5.93. The molecule has 0 radical (unpaired) electrons. The summed E-state index contributed by atoms with van der Waals surface area (Å²) in [7, 11) is 3.98.